The normalized spacial score (nSPS) is 14.4. The summed E-state index contributed by atoms with van der Waals surface area (Å²) in [5.41, 5.74) is 0.515. The molecule has 0 aliphatic carbocycles. The third kappa shape index (κ3) is 3.83. The van der Waals surface area contributed by atoms with E-state index < -0.39 is 17.2 Å². The lowest BCUT2D eigenvalue weighted by Crippen LogP contribution is -2.47. The van der Waals surface area contributed by atoms with E-state index >= 15 is 0 Å². The van der Waals surface area contributed by atoms with E-state index in [1.54, 1.807) is 27.7 Å². The zero-order valence-corrected chi connectivity index (χ0v) is 13.9. The number of nitrogens with one attached hydrogen (secondary N) is 1. The van der Waals surface area contributed by atoms with Gasteiger partial charge in [0, 0.05) is 17.8 Å². The van der Waals surface area contributed by atoms with E-state index in [2.05, 4.69) is 10.4 Å². The van der Waals surface area contributed by atoms with Crippen LogP contribution in [0.25, 0.3) is 0 Å². The largest absolute Gasteiger partial charge is 0.444 e. The summed E-state index contributed by atoms with van der Waals surface area (Å²) in [6.07, 6.45) is 0.0913. The average molecular weight is 295 g/mol. The monoisotopic (exact) mass is 295 g/mol. The van der Waals surface area contributed by atoms with E-state index in [1.165, 1.54) is 0 Å². The first-order chi connectivity index (χ1) is 9.54. The Hall–Kier alpha value is -1.85. The van der Waals surface area contributed by atoms with Gasteiger partial charge in [-0.05, 0) is 48.5 Å². The van der Waals surface area contributed by atoms with Gasteiger partial charge in [0.25, 0.3) is 0 Å². The molecule has 1 aromatic heterocycles. The number of nitrogens with zero attached hydrogens (tertiary/aromatic N) is 2. The maximum atomic E-state index is 12.0. The lowest BCUT2D eigenvalue weighted by atomic mass is 9.92. The molecule has 0 spiro atoms. The molecule has 1 atom stereocenters. The number of carbonyl (C=O) groups excluding carboxylic acids is 2. The highest BCUT2D eigenvalue weighted by molar-refractivity contribution is 5.78. The van der Waals surface area contributed by atoms with Crippen molar-refractivity contribution >= 4 is 12.4 Å². The van der Waals surface area contributed by atoms with Crippen molar-refractivity contribution in [1.29, 1.82) is 0 Å². The number of hydrogen-bond donors (Lipinski definition) is 1. The Morgan fingerprint density at radius 2 is 1.90 bits per heavy atom. The fourth-order valence-corrected chi connectivity index (χ4v) is 2.42. The second-order valence-corrected chi connectivity index (χ2v) is 6.31. The zero-order chi connectivity index (χ0) is 16.4. The molecule has 0 saturated carbocycles. The summed E-state index contributed by atoms with van der Waals surface area (Å²) in [5, 5.41) is 7.04. The van der Waals surface area contributed by atoms with Crippen LogP contribution in [0.3, 0.4) is 0 Å². The summed E-state index contributed by atoms with van der Waals surface area (Å²) >= 11 is 0. The predicted octanol–water partition coefficient (Wildman–Crippen LogP) is 2.46. The van der Waals surface area contributed by atoms with Gasteiger partial charge in [-0.2, -0.15) is 5.10 Å². The molecule has 21 heavy (non-hydrogen) atoms. The van der Waals surface area contributed by atoms with Gasteiger partial charge in [-0.25, -0.2) is 4.79 Å². The lowest BCUT2D eigenvalue weighted by molar-refractivity contribution is -0.113. The van der Waals surface area contributed by atoms with Crippen LogP contribution >= 0.6 is 0 Å². The minimum atomic E-state index is -1.16. The quantitative estimate of drug-likeness (QED) is 0.866. The maximum absolute atomic E-state index is 12.0. The number of hydrogen-bond acceptors (Lipinski definition) is 4. The lowest BCUT2D eigenvalue weighted by Gasteiger charge is -2.28. The van der Waals surface area contributed by atoms with Gasteiger partial charge < -0.3 is 14.8 Å². The Morgan fingerprint density at radius 3 is 2.29 bits per heavy atom. The van der Waals surface area contributed by atoms with Crippen molar-refractivity contribution in [3.8, 4) is 0 Å². The van der Waals surface area contributed by atoms with Crippen LogP contribution in [0, 0.1) is 13.8 Å². The van der Waals surface area contributed by atoms with Crippen LogP contribution in [0.4, 0.5) is 4.79 Å². The average Bonchev–Trinajstić information content (AvgIpc) is 2.61. The Bertz CT molecular complexity index is 543. The van der Waals surface area contributed by atoms with Crippen LogP contribution in [0.2, 0.25) is 0 Å². The molecule has 0 fully saturated rings. The Morgan fingerprint density at radius 1 is 1.33 bits per heavy atom. The highest BCUT2D eigenvalue weighted by Crippen LogP contribution is 2.26. The van der Waals surface area contributed by atoms with Crippen molar-refractivity contribution < 1.29 is 14.3 Å². The van der Waals surface area contributed by atoms with Crippen molar-refractivity contribution in [1.82, 2.24) is 15.1 Å². The van der Waals surface area contributed by atoms with Gasteiger partial charge in [-0.1, -0.05) is 0 Å². The standard InChI is InChI=1S/C15H25N3O3/c1-8-18-11(3)12(10(2)17-18)15(7,9-19)16-13(20)21-14(4,5)6/h9H,8H2,1-7H3,(H,16,20). The van der Waals surface area contributed by atoms with Gasteiger partial charge in [0.05, 0.1) is 5.69 Å². The minimum Gasteiger partial charge on any atom is -0.444 e. The smallest absolute Gasteiger partial charge is 0.408 e. The van der Waals surface area contributed by atoms with Crippen molar-refractivity contribution in [2.75, 3.05) is 0 Å². The molecule has 1 amide bonds. The van der Waals surface area contributed by atoms with Crippen LogP contribution in [-0.4, -0.2) is 27.8 Å². The maximum Gasteiger partial charge on any atom is 0.408 e. The molecule has 6 heteroatoms. The van der Waals surface area contributed by atoms with Gasteiger partial charge in [-0.15, -0.1) is 0 Å². The molecule has 1 heterocycles. The SMILES string of the molecule is CCn1nc(C)c(C(C)(C=O)NC(=O)OC(C)(C)C)c1C. The van der Waals surface area contributed by atoms with E-state index in [0.717, 1.165) is 11.4 Å². The van der Waals surface area contributed by atoms with E-state index in [9.17, 15) is 9.59 Å². The number of aromatic nitrogens is 2. The van der Waals surface area contributed by atoms with Gasteiger partial charge in [0.15, 0.2) is 0 Å². The van der Waals surface area contributed by atoms with Crippen LogP contribution in [0.1, 0.15) is 51.6 Å². The first kappa shape index (κ1) is 17.2. The molecule has 0 bridgehead atoms. The van der Waals surface area contributed by atoms with Crippen LogP contribution < -0.4 is 5.32 Å². The highest BCUT2D eigenvalue weighted by atomic mass is 16.6. The predicted molar refractivity (Wildman–Crippen MR) is 80.2 cm³/mol. The molecule has 118 valence electrons. The van der Waals surface area contributed by atoms with Gasteiger partial charge >= 0.3 is 6.09 Å². The van der Waals surface area contributed by atoms with Crippen molar-refractivity contribution in [2.24, 2.45) is 0 Å². The van der Waals surface area contributed by atoms with Crippen molar-refractivity contribution in [2.45, 2.75) is 66.2 Å². The summed E-state index contributed by atoms with van der Waals surface area (Å²) in [4.78, 5) is 23.6. The molecule has 0 radical (unpaired) electrons. The van der Waals surface area contributed by atoms with Crippen LogP contribution in [-0.2, 0) is 21.6 Å². The summed E-state index contributed by atoms with van der Waals surface area (Å²) < 4.78 is 7.04. The Kier molecular flexibility index (Phi) is 4.81. The second kappa shape index (κ2) is 5.87. The summed E-state index contributed by atoms with van der Waals surface area (Å²) in [5.74, 6) is 0. The molecule has 6 nitrogen and oxygen atoms in total. The zero-order valence-electron chi connectivity index (χ0n) is 13.9. The topological polar surface area (TPSA) is 73.2 Å². The van der Waals surface area contributed by atoms with Gasteiger partial charge in [-0.3, -0.25) is 4.68 Å². The highest BCUT2D eigenvalue weighted by Gasteiger charge is 2.35. The van der Waals surface area contributed by atoms with Crippen molar-refractivity contribution in [3.05, 3.63) is 17.0 Å². The van der Waals surface area contributed by atoms with E-state index in [-0.39, 0.29) is 0 Å². The van der Waals surface area contributed by atoms with E-state index in [4.69, 9.17) is 4.74 Å². The summed E-state index contributed by atoms with van der Waals surface area (Å²) in [7, 11) is 0. The fourth-order valence-electron chi connectivity index (χ4n) is 2.42. The molecule has 0 aliphatic heterocycles. The van der Waals surface area contributed by atoms with Gasteiger partial charge in [0.2, 0.25) is 0 Å². The van der Waals surface area contributed by atoms with E-state index in [0.29, 0.717) is 18.4 Å². The number of carbonyl (C=O) groups is 2. The number of aryl methyl sites for hydroxylation is 2. The van der Waals surface area contributed by atoms with Gasteiger partial charge in [0.1, 0.15) is 17.4 Å². The van der Waals surface area contributed by atoms with Crippen LogP contribution in [0.15, 0.2) is 0 Å². The number of ether oxygens (including phenoxy) is 1. The molecule has 1 N–H and O–H groups in total. The number of amides is 1. The third-order valence-electron chi connectivity index (χ3n) is 3.20. The Balaban J connectivity index is 3.14. The molecule has 1 aromatic rings. The number of rotatable bonds is 4. The van der Waals surface area contributed by atoms with E-state index in [1.807, 2.05) is 25.5 Å². The molecule has 0 aliphatic rings. The third-order valence-corrected chi connectivity index (χ3v) is 3.20. The fraction of sp³-hybridized carbons (Fsp3) is 0.667. The molecular weight excluding hydrogens is 270 g/mol. The molecule has 1 unspecified atom stereocenters. The Labute approximate surface area is 125 Å². The molecular formula is C15H25N3O3. The second-order valence-electron chi connectivity index (χ2n) is 6.31. The minimum absolute atomic E-state index is 0.619. The molecule has 0 aromatic carbocycles. The summed E-state index contributed by atoms with van der Waals surface area (Å²) in [6, 6.07) is 0. The molecule has 1 rings (SSSR count). The number of aldehydes is 1. The van der Waals surface area contributed by atoms with Crippen molar-refractivity contribution in [3.63, 3.8) is 0 Å². The van der Waals surface area contributed by atoms with Crippen LogP contribution in [0.5, 0.6) is 0 Å². The number of alkyl carbamates (subject to hydrolysis) is 1. The summed E-state index contributed by atoms with van der Waals surface area (Å²) in [6.45, 7) is 13.4. The first-order valence-electron chi connectivity index (χ1n) is 7.06. The molecule has 0 saturated heterocycles. The first-order valence-corrected chi connectivity index (χ1v) is 7.06.